The number of aliphatic hydroxyl groups excluding tert-OH is 1. The summed E-state index contributed by atoms with van der Waals surface area (Å²) in [6.07, 6.45) is 0. The minimum Gasteiger partial charge on any atom is -0.480 e. The van der Waals surface area contributed by atoms with Crippen LogP contribution in [-0.4, -0.2) is 34.9 Å². The topological polar surface area (TPSA) is 98.7 Å². The first kappa shape index (κ1) is 14.6. The molecule has 0 spiro atoms. The molecule has 0 aliphatic heterocycles. The van der Waals surface area contributed by atoms with Crippen LogP contribution in [0.25, 0.3) is 0 Å². The van der Waals surface area contributed by atoms with Gasteiger partial charge in [-0.3, -0.25) is 0 Å². The number of aliphatic carboxylic acids is 1. The van der Waals surface area contributed by atoms with Gasteiger partial charge >= 0.3 is 12.0 Å². The number of aliphatic hydroxyl groups is 1. The summed E-state index contributed by atoms with van der Waals surface area (Å²) < 4.78 is 0. The van der Waals surface area contributed by atoms with Crippen molar-refractivity contribution in [2.75, 3.05) is 11.9 Å². The normalized spacial score (nSPS) is 11.7. The fraction of sp³-hybridized carbons (Fsp3) is 0.200. The van der Waals surface area contributed by atoms with Crippen LogP contribution in [0.4, 0.5) is 10.5 Å². The third-order valence-corrected chi connectivity index (χ3v) is 2.70. The number of carbonyl (C=O) groups is 2. The number of carboxylic acids is 1. The molecule has 0 aliphatic rings. The molecule has 98 valence electrons. The van der Waals surface area contributed by atoms with Gasteiger partial charge in [0.1, 0.15) is 0 Å². The van der Waals surface area contributed by atoms with E-state index < -0.39 is 24.6 Å². The van der Waals surface area contributed by atoms with E-state index in [4.69, 9.17) is 33.4 Å². The summed E-state index contributed by atoms with van der Waals surface area (Å²) in [7, 11) is 0. The van der Waals surface area contributed by atoms with Gasteiger partial charge in [0.25, 0.3) is 0 Å². The Hall–Kier alpha value is -1.50. The smallest absolute Gasteiger partial charge is 0.328 e. The number of rotatable bonds is 4. The summed E-state index contributed by atoms with van der Waals surface area (Å²) in [4.78, 5) is 22.0. The van der Waals surface area contributed by atoms with Crippen LogP contribution in [0.5, 0.6) is 0 Å². The van der Waals surface area contributed by atoms with E-state index >= 15 is 0 Å². The van der Waals surface area contributed by atoms with E-state index in [1.54, 1.807) is 0 Å². The van der Waals surface area contributed by atoms with E-state index in [0.29, 0.717) is 10.7 Å². The van der Waals surface area contributed by atoms with Crippen molar-refractivity contribution in [2.45, 2.75) is 6.04 Å². The highest BCUT2D eigenvalue weighted by Gasteiger charge is 2.18. The molecule has 1 rings (SSSR count). The molecule has 6 nitrogen and oxygen atoms in total. The Morgan fingerprint density at radius 2 is 1.94 bits per heavy atom. The Morgan fingerprint density at radius 1 is 1.28 bits per heavy atom. The first-order chi connectivity index (χ1) is 8.43. The summed E-state index contributed by atoms with van der Waals surface area (Å²) >= 11 is 11.4. The van der Waals surface area contributed by atoms with E-state index in [0.717, 1.165) is 0 Å². The molecule has 18 heavy (non-hydrogen) atoms. The van der Waals surface area contributed by atoms with Crippen molar-refractivity contribution < 1.29 is 19.8 Å². The minimum absolute atomic E-state index is 0.256. The predicted molar refractivity (Wildman–Crippen MR) is 67.1 cm³/mol. The average molecular weight is 293 g/mol. The number of hydrogen-bond acceptors (Lipinski definition) is 3. The number of halogens is 2. The average Bonchev–Trinajstić information content (AvgIpc) is 2.30. The SMILES string of the molecule is O=C(Nc1ccc(Cl)c(Cl)c1)N[C@@H](CO)C(=O)O. The molecule has 1 aromatic carbocycles. The van der Waals surface area contributed by atoms with Gasteiger partial charge in [0.2, 0.25) is 0 Å². The zero-order valence-electron chi connectivity index (χ0n) is 8.98. The molecule has 0 aliphatic carbocycles. The van der Waals surface area contributed by atoms with Crippen LogP contribution < -0.4 is 10.6 Å². The van der Waals surface area contributed by atoms with Gasteiger partial charge in [0, 0.05) is 5.69 Å². The Kier molecular flexibility index (Phi) is 5.21. The molecule has 2 amide bonds. The molecule has 0 radical (unpaired) electrons. The highest BCUT2D eigenvalue weighted by molar-refractivity contribution is 6.42. The second kappa shape index (κ2) is 6.44. The Morgan fingerprint density at radius 3 is 2.44 bits per heavy atom. The zero-order valence-corrected chi connectivity index (χ0v) is 10.5. The van der Waals surface area contributed by atoms with E-state index in [-0.39, 0.29) is 5.02 Å². The van der Waals surface area contributed by atoms with E-state index in [1.165, 1.54) is 18.2 Å². The maximum absolute atomic E-state index is 11.4. The third kappa shape index (κ3) is 4.06. The van der Waals surface area contributed by atoms with Gasteiger partial charge in [-0.1, -0.05) is 23.2 Å². The van der Waals surface area contributed by atoms with E-state index in [9.17, 15) is 9.59 Å². The van der Waals surface area contributed by atoms with Crippen molar-refractivity contribution in [3.05, 3.63) is 28.2 Å². The van der Waals surface area contributed by atoms with E-state index in [2.05, 4.69) is 10.6 Å². The van der Waals surface area contributed by atoms with Crippen molar-refractivity contribution in [2.24, 2.45) is 0 Å². The first-order valence-corrected chi connectivity index (χ1v) is 5.56. The van der Waals surface area contributed by atoms with Crippen molar-refractivity contribution >= 4 is 40.9 Å². The number of carboxylic acid groups (broad SMARTS) is 1. The van der Waals surface area contributed by atoms with Gasteiger partial charge in [-0.15, -0.1) is 0 Å². The number of nitrogens with one attached hydrogen (secondary N) is 2. The predicted octanol–water partition coefficient (Wildman–Crippen LogP) is 1.56. The lowest BCUT2D eigenvalue weighted by atomic mass is 10.3. The number of amides is 2. The van der Waals surface area contributed by atoms with Crippen LogP contribution in [0.15, 0.2) is 18.2 Å². The molecule has 1 atom stereocenters. The number of carbonyl (C=O) groups excluding carboxylic acids is 1. The molecule has 0 unspecified atom stereocenters. The van der Waals surface area contributed by atoms with Crippen LogP contribution in [-0.2, 0) is 4.79 Å². The molecule has 1 aromatic rings. The largest absolute Gasteiger partial charge is 0.480 e. The number of urea groups is 1. The van der Waals surface area contributed by atoms with Crippen molar-refractivity contribution in [1.29, 1.82) is 0 Å². The molecular formula is C10H10Cl2N2O4. The fourth-order valence-electron chi connectivity index (χ4n) is 1.08. The highest BCUT2D eigenvalue weighted by Crippen LogP contribution is 2.24. The first-order valence-electron chi connectivity index (χ1n) is 4.80. The lowest BCUT2D eigenvalue weighted by molar-refractivity contribution is -0.140. The van der Waals surface area contributed by atoms with E-state index in [1.807, 2.05) is 0 Å². The Balaban J connectivity index is 2.64. The second-order valence-corrected chi connectivity index (χ2v) is 4.12. The maximum atomic E-state index is 11.4. The zero-order chi connectivity index (χ0) is 13.7. The molecule has 4 N–H and O–H groups in total. The number of benzene rings is 1. The standard InChI is InChI=1S/C10H10Cl2N2O4/c11-6-2-1-5(3-7(6)12)13-10(18)14-8(4-15)9(16)17/h1-3,8,15H,4H2,(H,16,17)(H2,13,14,18)/t8-/m0/s1. The van der Waals surface area contributed by atoms with Crippen molar-refractivity contribution in [3.8, 4) is 0 Å². The fourth-order valence-corrected chi connectivity index (χ4v) is 1.38. The molecule has 0 saturated heterocycles. The Labute approximate surface area is 113 Å². The lowest BCUT2D eigenvalue weighted by Crippen LogP contribution is -2.45. The second-order valence-electron chi connectivity index (χ2n) is 3.30. The summed E-state index contributed by atoms with van der Waals surface area (Å²) in [6, 6.07) is 2.27. The molecular weight excluding hydrogens is 283 g/mol. The highest BCUT2D eigenvalue weighted by atomic mass is 35.5. The minimum atomic E-state index is -1.37. The van der Waals surface area contributed by atoms with Gasteiger partial charge in [0.15, 0.2) is 6.04 Å². The third-order valence-electron chi connectivity index (χ3n) is 1.96. The van der Waals surface area contributed by atoms with Crippen molar-refractivity contribution in [1.82, 2.24) is 5.32 Å². The van der Waals surface area contributed by atoms with Gasteiger partial charge < -0.3 is 20.8 Å². The molecule has 0 fully saturated rings. The van der Waals surface area contributed by atoms with Gasteiger partial charge in [-0.25, -0.2) is 9.59 Å². The van der Waals surface area contributed by atoms with Crippen LogP contribution in [0.2, 0.25) is 10.0 Å². The molecule has 0 aromatic heterocycles. The van der Waals surface area contributed by atoms with Crippen LogP contribution >= 0.6 is 23.2 Å². The quantitative estimate of drug-likeness (QED) is 0.677. The monoisotopic (exact) mass is 292 g/mol. The van der Waals surface area contributed by atoms with Crippen LogP contribution in [0, 0.1) is 0 Å². The lowest BCUT2D eigenvalue weighted by Gasteiger charge is -2.12. The maximum Gasteiger partial charge on any atom is 0.328 e. The molecule has 0 heterocycles. The van der Waals surface area contributed by atoms with Crippen LogP contribution in [0.3, 0.4) is 0 Å². The number of hydrogen-bond donors (Lipinski definition) is 4. The molecule has 0 saturated carbocycles. The van der Waals surface area contributed by atoms with Gasteiger partial charge in [-0.05, 0) is 18.2 Å². The summed E-state index contributed by atoms with van der Waals surface area (Å²) in [6.45, 7) is -0.704. The summed E-state index contributed by atoms with van der Waals surface area (Å²) in [5.41, 5.74) is 0.351. The molecule has 0 bridgehead atoms. The van der Waals surface area contributed by atoms with Gasteiger partial charge in [-0.2, -0.15) is 0 Å². The van der Waals surface area contributed by atoms with Crippen molar-refractivity contribution in [3.63, 3.8) is 0 Å². The summed E-state index contributed by atoms with van der Waals surface area (Å²) in [5.74, 6) is -1.33. The van der Waals surface area contributed by atoms with Crippen LogP contribution in [0.1, 0.15) is 0 Å². The summed E-state index contributed by atoms with van der Waals surface area (Å²) in [5, 5.41) is 22.4. The molecule has 8 heteroatoms. The Bertz CT molecular complexity index is 467. The van der Waals surface area contributed by atoms with Gasteiger partial charge in [0.05, 0.1) is 16.7 Å². The number of anilines is 1.